The standard InChI is InChI=1S/C10H14BrN5O/c11-8-4-2-1-3-7(8)5-12-15-10-14-9(17)6-13-16-10/h5-8H,1-4H2,(H2,14,15,16,17)/b12-5+. The van der Waals surface area contributed by atoms with Crippen molar-refractivity contribution >= 4 is 28.1 Å². The summed E-state index contributed by atoms with van der Waals surface area (Å²) in [6, 6.07) is 0. The summed E-state index contributed by atoms with van der Waals surface area (Å²) in [7, 11) is 0. The second kappa shape index (κ2) is 5.90. The molecule has 2 atom stereocenters. The van der Waals surface area contributed by atoms with E-state index >= 15 is 0 Å². The van der Waals surface area contributed by atoms with Crippen LogP contribution in [0.2, 0.25) is 0 Å². The van der Waals surface area contributed by atoms with E-state index in [0.29, 0.717) is 10.7 Å². The van der Waals surface area contributed by atoms with E-state index in [9.17, 15) is 4.79 Å². The molecule has 1 heterocycles. The lowest BCUT2D eigenvalue weighted by Crippen LogP contribution is -2.21. The van der Waals surface area contributed by atoms with Gasteiger partial charge in [0, 0.05) is 17.0 Å². The van der Waals surface area contributed by atoms with Crippen LogP contribution in [-0.4, -0.2) is 26.2 Å². The van der Waals surface area contributed by atoms with Gasteiger partial charge in [0.05, 0.1) is 0 Å². The topological polar surface area (TPSA) is 83.0 Å². The lowest BCUT2D eigenvalue weighted by Gasteiger charge is -2.23. The molecule has 2 unspecified atom stereocenters. The van der Waals surface area contributed by atoms with Crippen LogP contribution in [0.3, 0.4) is 0 Å². The Hall–Kier alpha value is -1.24. The molecular weight excluding hydrogens is 286 g/mol. The first kappa shape index (κ1) is 12.2. The van der Waals surface area contributed by atoms with Crippen LogP contribution >= 0.6 is 15.9 Å². The summed E-state index contributed by atoms with van der Waals surface area (Å²) >= 11 is 3.65. The minimum atomic E-state index is -0.297. The van der Waals surface area contributed by atoms with Crippen molar-refractivity contribution in [3.05, 3.63) is 16.6 Å². The van der Waals surface area contributed by atoms with Gasteiger partial charge in [-0.15, -0.1) is 10.2 Å². The normalized spacial score (nSPS) is 25.0. The van der Waals surface area contributed by atoms with Gasteiger partial charge >= 0.3 is 0 Å². The van der Waals surface area contributed by atoms with Crippen molar-refractivity contribution in [3.63, 3.8) is 0 Å². The molecule has 0 spiro atoms. The van der Waals surface area contributed by atoms with Crippen molar-refractivity contribution < 1.29 is 0 Å². The van der Waals surface area contributed by atoms with Crippen LogP contribution in [0, 0.1) is 5.92 Å². The number of rotatable bonds is 3. The van der Waals surface area contributed by atoms with E-state index in [1.54, 1.807) is 0 Å². The second-order valence-electron chi connectivity index (χ2n) is 4.04. The van der Waals surface area contributed by atoms with E-state index in [0.717, 1.165) is 12.6 Å². The van der Waals surface area contributed by atoms with Gasteiger partial charge in [0.15, 0.2) is 0 Å². The van der Waals surface area contributed by atoms with Crippen LogP contribution in [-0.2, 0) is 0 Å². The minimum Gasteiger partial charge on any atom is -0.289 e. The maximum absolute atomic E-state index is 10.9. The van der Waals surface area contributed by atoms with E-state index in [-0.39, 0.29) is 11.5 Å². The number of anilines is 1. The molecule has 1 aliphatic carbocycles. The second-order valence-corrected chi connectivity index (χ2v) is 5.21. The zero-order valence-corrected chi connectivity index (χ0v) is 10.9. The fourth-order valence-corrected chi connectivity index (χ4v) is 2.56. The molecule has 0 bridgehead atoms. The highest BCUT2D eigenvalue weighted by molar-refractivity contribution is 9.09. The smallest absolute Gasteiger partial charge is 0.271 e. The van der Waals surface area contributed by atoms with Gasteiger partial charge in [-0.3, -0.25) is 9.78 Å². The molecule has 2 N–H and O–H groups in total. The van der Waals surface area contributed by atoms with E-state index in [1.807, 2.05) is 6.21 Å². The Kier molecular flexibility index (Phi) is 4.24. The molecule has 0 aromatic carbocycles. The van der Waals surface area contributed by atoms with Gasteiger partial charge < -0.3 is 0 Å². The molecule has 2 rings (SSSR count). The largest absolute Gasteiger partial charge is 0.289 e. The van der Waals surface area contributed by atoms with Crippen molar-refractivity contribution in [1.29, 1.82) is 0 Å². The summed E-state index contributed by atoms with van der Waals surface area (Å²) in [5.41, 5.74) is 2.38. The lowest BCUT2D eigenvalue weighted by molar-refractivity contribution is 0.462. The molecule has 1 aromatic rings. The van der Waals surface area contributed by atoms with Crippen LogP contribution in [0.15, 0.2) is 16.1 Å². The predicted octanol–water partition coefficient (Wildman–Crippen LogP) is 1.52. The van der Waals surface area contributed by atoms with Crippen molar-refractivity contribution in [2.45, 2.75) is 30.5 Å². The van der Waals surface area contributed by atoms with Gasteiger partial charge in [0.2, 0.25) is 5.95 Å². The van der Waals surface area contributed by atoms with Crippen LogP contribution in [0.5, 0.6) is 0 Å². The number of aromatic amines is 1. The molecule has 6 nitrogen and oxygen atoms in total. The molecule has 1 aromatic heterocycles. The number of alkyl halides is 1. The minimum absolute atomic E-state index is 0.260. The van der Waals surface area contributed by atoms with Crippen molar-refractivity contribution in [1.82, 2.24) is 15.2 Å². The molecule has 1 fully saturated rings. The number of aromatic nitrogens is 3. The first-order valence-corrected chi connectivity index (χ1v) is 6.52. The molecule has 0 amide bonds. The third-order valence-corrected chi connectivity index (χ3v) is 3.88. The molecule has 1 saturated carbocycles. The number of hydrazone groups is 1. The Labute approximate surface area is 107 Å². The van der Waals surface area contributed by atoms with Gasteiger partial charge in [-0.05, 0) is 12.8 Å². The maximum atomic E-state index is 10.9. The first-order chi connectivity index (χ1) is 8.25. The highest BCUT2D eigenvalue weighted by atomic mass is 79.9. The Bertz CT molecular complexity index is 446. The molecule has 0 saturated heterocycles. The summed E-state index contributed by atoms with van der Waals surface area (Å²) in [4.78, 5) is 13.9. The van der Waals surface area contributed by atoms with Crippen molar-refractivity contribution in [2.24, 2.45) is 11.0 Å². The fraction of sp³-hybridized carbons (Fsp3) is 0.600. The zero-order chi connectivity index (χ0) is 12.1. The molecule has 92 valence electrons. The number of nitrogens with zero attached hydrogens (tertiary/aromatic N) is 3. The van der Waals surface area contributed by atoms with Gasteiger partial charge in [0.25, 0.3) is 5.56 Å². The summed E-state index contributed by atoms with van der Waals surface area (Å²) in [5, 5.41) is 11.3. The predicted molar refractivity (Wildman–Crippen MR) is 69.4 cm³/mol. The van der Waals surface area contributed by atoms with Gasteiger partial charge in [0.1, 0.15) is 6.20 Å². The SMILES string of the molecule is O=c1cnnc(N/N=C/C2CCCCC2Br)[nH]1. The Morgan fingerprint density at radius 2 is 2.35 bits per heavy atom. The van der Waals surface area contributed by atoms with Crippen LogP contribution in [0.25, 0.3) is 0 Å². The Balaban J connectivity index is 1.90. The highest BCUT2D eigenvalue weighted by Crippen LogP contribution is 2.28. The zero-order valence-electron chi connectivity index (χ0n) is 9.27. The van der Waals surface area contributed by atoms with E-state index < -0.39 is 0 Å². The maximum Gasteiger partial charge on any atom is 0.271 e. The van der Waals surface area contributed by atoms with Crippen LogP contribution in [0.4, 0.5) is 5.95 Å². The van der Waals surface area contributed by atoms with E-state index in [1.165, 1.54) is 19.3 Å². The summed E-state index contributed by atoms with van der Waals surface area (Å²) in [6.07, 6.45) is 7.80. The summed E-state index contributed by atoms with van der Waals surface area (Å²) < 4.78 is 0. The van der Waals surface area contributed by atoms with Gasteiger partial charge in [-0.25, -0.2) is 5.43 Å². The third kappa shape index (κ3) is 3.62. The monoisotopic (exact) mass is 299 g/mol. The Morgan fingerprint density at radius 1 is 1.53 bits per heavy atom. The number of hydrogen-bond acceptors (Lipinski definition) is 5. The van der Waals surface area contributed by atoms with E-state index in [4.69, 9.17) is 0 Å². The van der Waals surface area contributed by atoms with Gasteiger partial charge in [-0.1, -0.05) is 28.8 Å². The van der Waals surface area contributed by atoms with Crippen molar-refractivity contribution in [3.8, 4) is 0 Å². The summed E-state index contributed by atoms with van der Waals surface area (Å²) in [6.45, 7) is 0. The lowest BCUT2D eigenvalue weighted by atomic mass is 9.90. The van der Waals surface area contributed by atoms with Crippen LogP contribution in [0.1, 0.15) is 25.7 Å². The molecule has 17 heavy (non-hydrogen) atoms. The average Bonchev–Trinajstić information content (AvgIpc) is 2.32. The number of halogens is 1. The van der Waals surface area contributed by atoms with Crippen molar-refractivity contribution in [2.75, 3.05) is 5.43 Å². The highest BCUT2D eigenvalue weighted by Gasteiger charge is 2.20. The number of hydrogen-bond donors (Lipinski definition) is 2. The molecule has 0 aliphatic heterocycles. The van der Waals surface area contributed by atoms with E-state index in [2.05, 4.69) is 41.6 Å². The Morgan fingerprint density at radius 3 is 3.12 bits per heavy atom. The molecular formula is C10H14BrN5O. The molecule has 7 heteroatoms. The van der Waals surface area contributed by atoms with Gasteiger partial charge in [-0.2, -0.15) is 5.10 Å². The first-order valence-electron chi connectivity index (χ1n) is 5.61. The average molecular weight is 300 g/mol. The fourth-order valence-electron chi connectivity index (χ4n) is 1.84. The molecule has 0 radical (unpaired) electrons. The molecule has 1 aliphatic rings. The number of H-pyrrole nitrogens is 1. The summed E-state index contributed by atoms with van der Waals surface area (Å²) in [5.74, 6) is 0.690. The van der Waals surface area contributed by atoms with Crippen LogP contribution < -0.4 is 11.0 Å². The third-order valence-electron chi connectivity index (χ3n) is 2.74. The number of nitrogens with one attached hydrogen (secondary N) is 2. The quantitative estimate of drug-likeness (QED) is 0.503.